The fraction of sp³-hybridized carbons (Fsp3) is 0.538. The van der Waals surface area contributed by atoms with Gasteiger partial charge in [0, 0.05) is 11.8 Å². The van der Waals surface area contributed by atoms with Crippen LogP contribution in [0.15, 0.2) is 0 Å². The highest BCUT2D eigenvalue weighted by Gasteiger charge is 2.37. The fourth-order valence-corrected chi connectivity index (χ4v) is 2.13. The van der Waals surface area contributed by atoms with Crippen LogP contribution in [0.4, 0.5) is 0 Å². The molecule has 1 fully saturated rings. The summed E-state index contributed by atoms with van der Waals surface area (Å²) < 4.78 is 0. The molecule has 0 unspecified atom stereocenters. The van der Waals surface area contributed by atoms with Gasteiger partial charge in [-0.05, 0) is 12.8 Å². The summed E-state index contributed by atoms with van der Waals surface area (Å²) in [5, 5.41) is 5.24. The smallest absolute Gasteiger partial charge is 0.224 e. The van der Waals surface area contributed by atoms with Crippen LogP contribution < -0.4 is 10.6 Å². The number of nitrogens with one attached hydrogen (secondary N) is 2. The zero-order valence-corrected chi connectivity index (χ0v) is 9.66. The zero-order valence-electron chi connectivity index (χ0n) is 9.66. The number of carbonyl (C=O) groups is 2. The number of hydrogen-bond donors (Lipinski definition) is 2. The van der Waals surface area contributed by atoms with Crippen LogP contribution in [0.3, 0.4) is 0 Å². The summed E-state index contributed by atoms with van der Waals surface area (Å²) in [6.45, 7) is 0.405. The third-order valence-electron chi connectivity index (χ3n) is 2.92. The first-order valence-corrected chi connectivity index (χ1v) is 5.63. The Bertz CT molecular complexity index is 340. The topological polar surface area (TPSA) is 58.2 Å². The van der Waals surface area contributed by atoms with Crippen molar-refractivity contribution in [1.29, 1.82) is 0 Å². The summed E-state index contributed by atoms with van der Waals surface area (Å²) in [6.07, 6.45) is 12.5. The van der Waals surface area contributed by atoms with Crippen molar-refractivity contribution in [2.24, 2.45) is 11.8 Å². The van der Waals surface area contributed by atoms with Crippen molar-refractivity contribution in [3.05, 3.63) is 0 Å². The Kier molecular flexibility index (Phi) is 5.10. The van der Waals surface area contributed by atoms with Gasteiger partial charge < -0.3 is 10.6 Å². The second kappa shape index (κ2) is 6.60. The first-order chi connectivity index (χ1) is 8.20. The third-order valence-corrected chi connectivity index (χ3v) is 2.92. The third kappa shape index (κ3) is 3.53. The van der Waals surface area contributed by atoms with Crippen molar-refractivity contribution in [2.75, 3.05) is 13.1 Å². The van der Waals surface area contributed by atoms with Crippen LogP contribution in [-0.2, 0) is 9.59 Å². The standard InChI is InChI=1S/C13H16N2O2/c1-3-8-14-12(16)10-6-5-7-11(10)13(17)15-9-4-2/h1-2,10-11H,5-9H2,(H,14,16)(H,15,17)/t10-,11-/m0/s1. The van der Waals surface area contributed by atoms with Gasteiger partial charge in [0.15, 0.2) is 0 Å². The first-order valence-electron chi connectivity index (χ1n) is 5.63. The van der Waals surface area contributed by atoms with E-state index in [-0.39, 0.29) is 36.7 Å². The number of terminal acetylenes is 2. The average molecular weight is 232 g/mol. The zero-order chi connectivity index (χ0) is 12.7. The molecule has 0 spiro atoms. The van der Waals surface area contributed by atoms with E-state index < -0.39 is 0 Å². The van der Waals surface area contributed by atoms with E-state index in [1.165, 1.54) is 0 Å². The van der Waals surface area contributed by atoms with Crippen molar-refractivity contribution in [3.8, 4) is 24.7 Å². The average Bonchev–Trinajstić information content (AvgIpc) is 2.82. The molecule has 0 radical (unpaired) electrons. The molecule has 2 atom stereocenters. The predicted octanol–water partition coefficient (Wildman–Crippen LogP) is -0.0985. The SMILES string of the molecule is C#CCNC(=O)[C@H]1CCC[C@@H]1C(=O)NCC#C. The van der Waals surface area contributed by atoms with Gasteiger partial charge in [0.2, 0.25) is 11.8 Å². The molecule has 17 heavy (non-hydrogen) atoms. The van der Waals surface area contributed by atoms with Gasteiger partial charge in [-0.25, -0.2) is 0 Å². The van der Waals surface area contributed by atoms with E-state index in [0.29, 0.717) is 0 Å². The van der Waals surface area contributed by atoms with Gasteiger partial charge in [0.1, 0.15) is 0 Å². The summed E-state index contributed by atoms with van der Waals surface area (Å²) in [7, 11) is 0. The Morgan fingerprint density at radius 2 is 1.41 bits per heavy atom. The minimum atomic E-state index is -0.277. The summed E-state index contributed by atoms with van der Waals surface area (Å²) in [5.41, 5.74) is 0. The molecule has 0 aliphatic heterocycles. The van der Waals surface area contributed by atoms with Crippen molar-refractivity contribution in [1.82, 2.24) is 10.6 Å². The molecule has 1 aliphatic rings. The molecule has 0 heterocycles. The van der Waals surface area contributed by atoms with Gasteiger partial charge in [-0.1, -0.05) is 18.3 Å². The van der Waals surface area contributed by atoms with Crippen LogP contribution in [0.5, 0.6) is 0 Å². The summed E-state index contributed by atoms with van der Waals surface area (Å²) >= 11 is 0. The van der Waals surface area contributed by atoms with Gasteiger partial charge in [-0.3, -0.25) is 9.59 Å². The summed E-state index contributed by atoms with van der Waals surface area (Å²) in [5.74, 6) is 3.85. The molecular weight excluding hydrogens is 216 g/mol. The monoisotopic (exact) mass is 232 g/mol. The molecule has 90 valence electrons. The largest absolute Gasteiger partial charge is 0.345 e. The molecule has 4 heteroatoms. The van der Waals surface area contributed by atoms with E-state index in [1.54, 1.807) is 0 Å². The molecular formula is C13H16N2O2. The Labute approximate surface area is 102 Å². The number of amides is 2. The Balaban J connectivity index is 2.54. The Morgan fingerprint density at radius 1 is 1.00 bits per heavy atom. The minimum Gasteiger partial charge on any atom is -0.345 e. The second-order valence-electron chi connectivity index (χ2n) is 3.99. The van der Waals surface area contributed by atoms with Crippen LogP contribution >= 0.6 is 0 Å². The summed E-state index contributed by atoms with van der Waals surface area (Å²) in [6, 6.07) is 0. The maximum Gasteiger partial charge on any atom is 0.224 e. The van der Waals surface area contributed by atoms with Gasteiger partial charge in [-0.2, -0.15) is 0 Å². The lowest BCUT2D eigenvalue weighted by atomic mass is 9.94. The van der Waals surface area contributed by atoms with Crippen LogP contribution in [0.25, 0.3) is 0 Å². The van der Waals surface area contributed by atoms with E-state index >= 15 is 0 Å². The lowest BCUT2D eigenvalue weighted by Crippen LogP contribution is -2.39. The highest BCUT2D eigenvalue weighted by atomic mass is 16.2. The number of carbonyl (C=O) groups excluding carboxylic acids is 2. The lowest BCUT2D eigenvalue weighted by molar-refractivity contribution is -0.133. The maximum atomic E-state index is 11.8. The van der Waals surface area contributed by atoms with E-state index in [9.17, 15) is 9.59 Å². The molecule has 0 aromatic rings. The molecule has 0 bridgehead atoms. The van der Waals surface area contributed by atoms with E-state index in [0.717, 1.165) is 19.3 Å². The highest BCUT2D eigenvalue weighted by Crippen LogP contribution is 2.31. The van der Waals surface area contributed by atoms with Crippen LogP contribution in [-0.4, -0.2) is 24.9 Å². The van der Waals surface area contributed by atoms with Crippen LogP contribution in [0, 0.1) is 36.5 Å². The molecule has 1 saturated carbocycles. The molecule has 0 aromatic carbocycles. The first kappa shape index (κ1) is 13.1. The molecule has 4 nitrogen and oxygen atoms in total. The molecule has 2 N–H and O–H groups in total. The predicted molar refractivity (Wildman–Crippen MR) is 64.5 cm³/mol. The minimum absolute atomic E-state index is 0.138. The van der Waals surface area contributed by atoms with Crippen LogP contribution in [0.1, 0.15) is 19.3 Å². The van der Waals surface area contributed by atoms with E-state index in [2.05, 4.69) is 22.5 Å². The quantitative estimate of drug-likeness (QED) is 0.665. The normalized spacial score (nSPS) is 22.2. The number of hydrogen-bond acceptors (Lipinski definition) is 2. The molecule has 0 saturated heterocycles. The Morgan fingerprint density at radius 3 is 1.76 bits per heavy atom. The second-order valence-corrected chi connectivity index (χ2v) is 3.99. The lowest BCUT2D eigenvalue weighted by Gasteiger charge is -2.17. The van der Waals surface area contributed by atoms with Gasteiger partial charge in [0.25, 0.3) is 0 Å². The van der Waals surface area contributed by atoms with Gasteiger partial charge >= 0.3 is 0 Å². The van der Waals surface area contributed by atoms with E-state index in [4.69, 9.17) is 12.8 Å². The molecule has 1 rings (SSSR count). The van der Waals surface area contributed by atoms with Gasteiger partial charge in [-0.15, -0.1) is 12.8 Å². The van der Waals surface area contributed by atoms with Crippen molar-refractivity contribution in [3.63, 3.8) is 0 Å². The van der Waals surface area contributed by atoms with Gasteiger partial charge in [0.05, 0.1) is 13.1 Å². The highest BCUT2D eigenvalue weighted by molar-refractivity contribution is 5.88. The van der Waals surface area contributed by atoms with Crippen molar-refractivity contribution in [2.45, 2.75) is 19.3 Å². The summed E-state index contributed by atoms with van der Waals surface area (Å²) in [4.78, 5) is 23.5. The fourth-order valence-electron chi connectivity index (χ4n) is 2.13. The Hall–Kier alpha value is -1.94. The molecule has 2 amide bonds. The molecule has 1 aliphatic carbocycles. The number of rotatable bonds is 4. The van der Waals surface area contributed by atoms with E-state index in [1.807, 2.05) is 0 Å². The van der Waals surface area contributed by atoms with Crippen molar-refractivity contribution >= 4 is 11.8 Å². The van der Waals surface area contributed by atoms with Crippen LogP contribution in [0.2, 0.25) is 0 Å². The molecule has 0 aromatic heterocycles. The van der Waals surface area contributed by atoms with Crippen molar-refractivity contribution < 1.29 is 9.59 Å². The maximum absolute atomic E-state index is 11.8.